The molecule has 0 heterocycles. The Labute approximate surface area is 91.5 Å². The molecular weight excluding hydrogens is 260 g/mol. The van der Waals surface area contributed by atoms with E-state index in [2.05, 4.69) is 8.80 Å². The average Bonchev–Trinajstić information content (AvgIpc) is 2.03. The summed E-state index contributed by atoms with van der Waals surface area (Å²) in [5, 5.41) is 0. The fraction of sp³-hybridized carbons (Fsp3) is 0. The van der Waals surface area contributed by atoms with Gasteiger partial charge in [-0.1, -0.05) is 0 Å². The fourth-order valence-corrected chi connectivity index (χ4v) is 1.59. The first-order chi connectivity index (χ1) is 7.16. The van der Waals surface area contributed by atoms with Gasteiger partial charge in [0, 0.05) is 0 Å². The Morgan fingerprint density at radius 3 is 1.19 bits per heavy atom. The number of allylic oxidation sites excluding steroid dienone is 4. The van der Waals surface area contributed by atoms with E-state index in [1.54, 1.807) is 0 Å². The Bertz CT molecular complexity index is 535. The lowest BCUT2D eigenvalue weighted by atomic mass is 10.1. The number of rotatable bonds is 2. The van der Waals surface area contributed by atoms with Gasteiger partial charge in [0.25, 0.3) is 0 Å². The molecule has 0 saturated heterocycles. The molecule has 0 aliphatic heterocycles. The third-order valence-electron chi connectivity index (χ3n) is 1.28. The summed E-state index contributed by atoms with van der Waals surface area (Å²) in [5.74, 6) is 0. The van der Waals surface area contributed by atoms with Gasteiger partial charge in [-0.2, -0.15) is 8.80 Å². The molecular formula is C6H4N2O6S2-2. The van der Waals surface area contributed by atoms with E-state index in [1.165, 1.54) is 0 Å². The molecule has 0 bridgehead atoms. The van der Waals surface area contributed by atoms with Crippen LogP contribution < -0.4 is 0 Å². The molecule has 0 fully saturated rings. The maximum Gasteiger partial charge on any atom is 0.203 e. The molecule has 0 N–H and O–H groups in total. The van der Waals surface area contributed by atoms with Gasteiger partial charge in [0.1, 0.15) is 0 Å². The summed E-state index contributed by atoms with van der Waals surface area (Å²) in [6, 6.07) is 0. The lowest BCUT2D eigenvalue weighted by Crippen LogP contribution is -2.05. The van der Waals surface area contributed by atoms with Crippen molar-refractivity contribution in [3.63, 3.8) is 0 Å². The third kappa shape index (κ3) is 4.93. The summed E-state index contributed by atoms with van der Waals surface area (Å²) in [4.78, 5) is 0. The van der Waals surface area contributed by atoms with Crippen molar-refractivity contribution >= 4 is 32.0 Å². The zero-order chi connectivity index (χ0) is 12.4. The highest BCUT2D eigenvalue weighted by molar-refractivity contribution is 7.84. The molecule has 1 rings (SSSR count). The molecule has 0 saturated carbocycles. The van der Waals surface area contributed by atoms with Gasteiger partial charge in [-0.15, -0.1) is 0 Å². The van der Waals surface area contributed by atoms with Gasteiger partial charge in [0.15, 0.2) is 0 Å². The smallest absolute Gasteiger partial charge is 0.203 e. The average molecular weight is 264 g/mol. The van der Waals surface area contributed by atoms with Crippen LogP contribution in [0.3, 0.4) is 0 Å². The standard InChI is InChI=1S/C6H6N2O6S2/c9-15(10,11)7-5-1-2-6(4-3-5)8-16(12,13)14/h1-4H,(H,9,10,11)(H,12,13,14)/p-2. The van der Waals surface area contributed by atoms with Crippen LogP contribution in [0.5, 0.6) is 0 Å². The summed E-state index contributed by atoms with van der Waals surface area (Å²) in [6.45, 7) is 0. The van der Waals surface area contributed by atoms with Gasteiger partial charge in [-0.25, -0.2) is 16.8 Å². The quantitative estimate of drug-likeness (QED) is 0.458. The minimum absolute atomic E-state index is 0.183. The second-order valence-electron chi connectivity index (χ2n) is 2.55. The van der Waals surface area contributed by atoms with Crippen molar-refractivity contribution in [3.05, 3.63) is 24.3 Å². The van der Waals surface area contributed by atoms with Gasteiger partial charge in [0.2, 0.25) is 20.6 Å². The SMILES string of the molecule is O=S(=O)([O-])N=C1C=CC(=NS(=O)(=O)[O-])C=C1. The molecule has 88 valence electrons. The van der Waals surface area contributed by atoms with Crippen molar-refractivity contribution < 1.29 is 25.9 Å². The van der Waals surface area contributed by atoms with Crippen LogP contribution in [0.15, 0.2) is 33.1 Å². The highest BCUT2D eigenvalue weighted by Crippen LogP contribution is 2.01. The van der Waals surface area contributed by atoms with E-state index < -0.39 is 20.6 Å². The molecule has 8 nitrogen and oxygen atoms in total. The van der Waals surface area contributed by atoms with Crippen molar-refractivity contribution in [3.8, 4) is 0 Å². The Morgan fingerprint density at radius 1 is 0.750 bits per heavy atom. The molecule has 1 aliphatic carbocycles. The first-order valence-electron chi connectivity index (χ1n) is 3.63. The van der Waals surface area contributed by atoms with Crippen LogP contribution in [-0.2, 0) is 20.6 Å². The van der Waals surface area contributed by atoms with Crippen molar-refractivity contribution in [2.75, 3.05) is 0 Å². The van der Waals surface area contributed by atoms with Crippen molar-refractivity contribution in [2.24, 2.45) is 8.80 Å². The third-order valence-corrected chi connectivity index (χ3v) is 2.15. The molecule has 16 heavy (non-hydrogen) atoms. The van der Waals surface area contributed by atoms with E-state index in [0.717, 1.165) is 24.3 Å². The predicted octanol–water partition coefficient (Wildman–Crippen LogP) is -1.09. The summed E-state index contributed by atoms with van der Waals surface area (Å²) in [7, 11) is -9.52. The molecule has 0 aromatic heterocycles. The minimum Gasteiger partial charge on any atom is -0.730 e. The van der Waals surface area contributed by atoms with Gasteiger partial charge < -0.3 is 9.11 Å². The van der Waals surface area contributed by atoms with Crippen molar-refractivity contribution in [2.45, 2.75) is 0 Å². The molecule has 0 aromatic rings. The predicted molar refractivity (Wildman–Crippen MR) is 52.5 cm³/mol. The van der Waals surface area contributed by atoms with Gasteiger partial charge in [-0.3, -0.25) is 0 Å². The lowest BCUT2D eigenvalue weighted by Gasteiger charge is -2.05. The van der Waals surface area contributed by atoms with E-state index in [9.17, 15) is 25.9 Å². The summed E-state index contributed by atoms with van der Waals surface area (Å²) >= 11 is 0. The second kappa shape index (κ2) is 4.25. The van der Waals surface area contributed by atoms with E-state index in [1.807, 2.05) is 0 Å². The van der Waals surface area contributed by atoms with Crippen LogP contribution in [0, 0.1) is 0 Å². The van der Waals surface area contributed by atoms with Crippen LogP contribution in [0.2, 0.25) is 0 Å². The van der Waals surface area contributed by atoms with Crippen LogP contribution in [0.1, 0.15) is 0 Å². The fourth-order valence-electron chi connectivity index (χ4n) is 0.833. The molecule has 0 radical (unpaired) electrons. The summed E-state index contributed by atoms with van der Waals surface area (Å²) in [5.41, 5.74) is -0.366. The molecule has 0 atom stereocenters. The number of hydrogen-bond donors (Lipinski definition) is 0. The zero-order valence-electron chi connectivity index (χ0n) is 7.47. The molecule has 0 amide bonds. The molecule has 0 unspecified atom stereocenters. The maximum atomic E-state index is 10.2. The topological polar surface area (TPSA) is 139 Å². The Balaban J connectivity index is 2.99. The number of hydrogen-bond acceptors (Lipinski definition) is 6. The first-order valence-corrected chi connectivity index (χ1v) is 6.36. The normalized spacial score (nSPS) is 16.4. The Morgan fingerprint density at radius 2 is 1.00 bits per heavy atom. The van der Waals surface area contributed by atoms with E-state index in [4.69, 9.17) is 0 Å². The van der Waals surface area contributed by atoms with Gasteiger partial charge in [-0.05, 0) is 24.3 Å². The number of nitrogens with zero attached hydrogens (tertiary/aromatic N) is 2. The van der Waals surface area contributed by atoms with Crippen LogP contribution in [0.25, 0.3) is 0 Å². The monoisotopic (exact) mass is 264 g/mol. The molecule has 10 heteroatoms. The van der Waals surface area contributed by atoms with E-state index in [-0.39, 0.29) is 11.4 Å². The summed E-state index contributed by atoms with van der Waals surface area (Å²) in [6.07, 6.45) is 4.16. The Kier molecular flexibility index (Phi) is 3.38. The summed E-state index contributed by atoms with van der Waals surface area (Å²) < 4.78 is 66.9. The van der Waals surface area contributed by atoms with E-state index in [0.29, 0.717) is 0 Å². The highest BCUT2D eigenvalue weighted by atomic mass is 32.2. The second-order valence-corrected chi connectivity index (χ2v) is 4.63. The largest absolute Gasteiger partial charge is 0.730 e. The molecule has 0 aromatic carbocycles. The van der Waals surface area contributed by atoms with Gasteiger partial charge in [0.05, 0.1) is 11.4 Å². The minimum atomic E-state index is -4.76. The van der Waals surface area contributed by atoms with Crippen molar-refractivity contribution in [1.29, 1.82) is 0 Å². The maximum absolute atomic E-state index is 10.2. The van der Waals surface area contributed by atoms with Gasteiger partial charge >= 0.3 is 0 Å². The van der Waals surface area contributed by atoms with Crippen LogP contribution in [0.4, 0.5) is 0 Å². The highest BCUT2D eigenvalue weighted by Gasteiger charge is 2.01. The van der Waals surface area contributed by atoms with Crippen molar-refractivity contribution in [1.82, 2.24) is 0 Å². The Hall–Kier alpha value is -1.36. The molecule has 0 spiro atoms. The first kappa shape index (κ1) is 12.7. The van der Waals surface area contributed by atoms with Crippen LogP contribution >= 0.6 is 0 Å². The molecule has 1 aliphatic rings. The lowest BCUT2D eigenvalue weighted by molar-refractivity contribution is 0.462. The van der Waals surface area contributed by atoms with E-state index >= 15 is 0 Å². The van der Waals surface area contributed by atoms with Crippen LogP contribution in [-0.4, -0.2) is 37.4 Å². The zero-order valence-corrected chi connectivity index (χ0v) is 9.10.